The van der Waals surface area contributed by atoms with Crippen LogP contribution in [0, 0.1) is 5.41 Å². The SMILES string of the molecule is C=C(C)CN1CCC(C)(CO)CC1. The average Bonchev–Trinajstić information content (AvgIpc) is 2.09. The molecule has 13 heavy (non-hydrogen) atoms. The van der Waals surface area contributed by atoms with Gasteiger partial charge in [-0.15, -0.1) is 0 Å². The summed E-state index contributed by atoms with van der Waals surface area (Å²) >= 11 is 0. The van der Waals surface area contributed by atoms with Crippen molar-refractivity contribution in [2.45, 2.75) is 26.7 Å². The van der Waals surface area contributed by atoms with Gasteiger partial charge in [0.25, 0.3) is 0 Å². The lowest BCUT2D eigenvalue weighted by molar-refractivity contribution is 0.0625. The van der Waals surface area contributed by atoms with Crippen LogP contribution < -0.4 is 0 Å². The molecule has 0 bridgehead atoms. The van der Waals surface area contributed by atoms with E-state index in [1.54, 1.807) is 0 Å². The third-order valence-electron chi connectivity index (χ3n) is 2.94. The van der Waals surface area contributed by atoms with Crippen molar-refractivity contribution in [3.8, 4) is 0 Å². The van der Waals surface area contributed by atoms with Crippen molar-refractivity contribution >= 4 is 0 Å². The van der Waals surface area contributed by atoms with E-state index in [0.717, 1.165) is 32.5 Å². The maximum absolute atomic E-state index is 9.18. The van der Waals surface area contributed by atoms with Gasteiger partial charge < -0.3 is 5.11 Å². The van der Waals surface area contributed by atoms with Crippen molar-refractivity contribution in [2.75, 3.05) is 26.2 Å². The molecule has 1 saturated heterocycles. The summed E-state index contributed by atoms with van der Waals surface area (Å²) in [4.78, 5) is 2.42. The van der Waals surface area contributed by atoms with Crippen molar-refractivity contribution in [2.24, 2.45) is 5.41 Å². The Labute approximate surface area is 81.2 Å². The smallest absolute Gasteiger partial charge is 0.0485 e. The van der Waals surface area contributed by atoms with Crippen molar-refractivity contribution < 1.29 is 5.11 Å². The molecule has 1 N–H and O–H groups in total. The van der Waals surface area contributed by atoms with Crippen LogP contribution in [0.15, 0.2) is 12.2 Å². The van der Waals surface area contributed by atoms with Crippen LogP contribution in [-0.2, 0) is 0 Å². The van der Waals surface area contributed by atoms with Crippen LogP contribution in [0.25, 0.3) is 0 Å². The van der Waals surface area contributed by atoms with Gasteiger partial charge in [-0.3, -0.25) is 4.90 Å². The Morgan fingerprint density at radius 1 is 1.46 bits per heavy atom. The summed E-state index contributed by atoms with van der Waals surface area (Å²) in [5.74, 6) is 0. The van der Waals surface area contributed by atoms with Crippen LogP contribution >= 0.6 is 0 Å². The number of hydrogen-bond acceptors (Lipinski definition) is 2. The number of piperidine rings is 1. The molecule has 2 heteroatoms. The van der Waals surface area contributed by atoms with Crippen molar-refractivity contribution in [3.05, 3.63) is 12.2 Å². The first-order valence-corrected chi connectivity index (χ1v) is 5.03. The normalized spacial score (nSPS) is 23.0. The molecule has 1 aliphatic heterocycles. The van der Waals surface area contributed by atoms with E-state index in [9.17, 15) is 5.11 Å². The minimum Gasteiger partial charge on any atom is -0.396 e. The third kappa shape index (κ3) is 3.12. The Morgan fingerprint density at radius 3 is 2.38 bits per heavy atom. The number of hydrogen-bond donors (Lipinski definition) is 1. The van der Waals surface area contributed by atoms with Crippen molar-refractivity contribution in [3.63, 3.8) is 0 Å². The monoisotopic (exact) mass is 183 g/mol. The highest BCUT2D eigenvalue weighted by atomic mass is 16.3. The van der Waals surface area contributed by atoms with E-state index in [0.29, 0.717) is 6.61 Å². The Hall–Kier alpha value is -0.340. The van der Waals surface area contributed by atoms with Crippen molar-refractivity contribution in [1.29, 1.82) is 0 Å². The van der Waals surface area contributed by atoms with E-state index in [-0.39, 0.29) is 5.41 Å². The maximum Gasteiger partial charge on any atom is 0.0485 e. The lowest BCUT2D eigenvalue weighted by atomic mass is 9.81. The van der Waals surface area contributed by atoms with E-state index >= 15 is 0 Å². The van der Waals surface area contributed by atoms with Crippen LogP contribution in [0.2, 0.25) is 0 Å². The van der Waals surface area contributed by atoms with Crippen LogP contribution in [0.5, 0.6) is 0 Å². The topological polar surface area (TPSA) is 23.5 Å². The molecular weight excluding hydrogens is 162 g/mol. The molecule has 1 rings (SSSR count). The molecule has 0 spiro atoms. The van der Waals surface area contributed by atoms with Gasteiger partial charge in [0.2, 0.25) is 0 Å². The van der Waals surface area contributed by atoms with Gasteiger partial charge in [-0.25, -0.2) is 0 Å². The minimum atomic E-state index is 0.172. The first-order valence-electron chi connectivity index (χ1n) is 5.03. The van der Waals surface area contributed by atoms with Gasteiger partial charge in [0.1, 0.15) is 0 Å². The Kier molecular flexibility index (Phi) is 3.51. The van der Waals surface area contributed by atoms with Gasteiger partial charge in [-0.1, -0.05) is 19.1 Å². The van der Waals surface area contributed by atoms with Gasteiger partial charge in [0.15, 0.2) is 0 Å². The molecule has 1 fully saturated rings. The molecule has 0 aromatic heterocycles. The van der Waals surface area contributed by atoms with Crippen LogP contribution in [0.1, 0.15) is 26.7 Å². The fourth-order valence-electron chi connectivity index (χ4n) is 1.79. The predicted molar refractivity (Wildman–Crippen MR) is 55.7 cm³/mol. The zero-order chi connectivity index (χ0) is 9.90. The molecule has 0 atom stereocenters. The first-order chi connectivity index (χ1) is 6.06. The van der Waals surface area contributed by atoms with Crippen LogP contribution in [-0.4, -0.2) is 36.2 Å². The third-order valence-corrected chi connectivity index (χ3v) is 2.94. The van der Waals surface area contributed by atoms with Gasteiger partial charge in [-0.2, -0.15) is 0 Å². The van der Waals surface area contributed by atoms with Gasteiger partial charge in [0.05, 0.1) is 0 Å². The van der Waals surface area contributed by atoms with E-state index in [4.69, 9.17) is 0 Å². The fourth-order valence-corrected chi connectivity index (χ4v) is 1.79. The predicted octanol–water partition coefficient (Wildman–Crippen LogP) is 1.66. The lowest BCUT2D eigenvalue weighted by Crippen LogP contribution is -2.40. The van der Waals surface area contributed by atoms with Crippen LogP contribution in [0.3, 0.4) is 0 Å². The average molecular weight is 183 g/mol. The second kappa shape index (κ2) is 4.25. The highest BCUT2D eigenvalue weighted by molar-refractivity contribution is 4.94. The summed E-state index contributed by atoms with van der Waals surface area (Å²) in [7, 11) is 0. The van der Waals surface area contributed by atoms with E-state index < -0.39 is 0 Å². The number of aliphatic hydroxyl groups excluding tert-OH is 1. The van der Waals surface area contributed by atoms with Gasteiger partial charge >= 0.3 is 0 Å². The number of aliphatic hydroxyl groups is 1. The molecule has 1 heterocycles. The molecule has 0 saturated carbocycles. The first kappa shape index (κ1) is 10.7. The van der Waals surface area contributed by atoms with Crippen LogP contribution in [0.4, 0.5) is 0 Å². The minimum absolute atomic E-state index is 0.172. The second-order valence-corrected chi connectivity index (χ2v) is 4.70. The van der Waals surface area contributed by atoms with Crippen molar-refractivity contribution in [1.82, 2.24) is 4.90 Å². The summed E-state index contributed by atoms with van der Waals surface area (Å²) in [6, 6.07) is 0. The summed E-state index contributed by atoms with van der Waals surface area (Å²) in [5.41, 5.74) is 1.40. The molecule has 0 aromatic rings. The zero-order valence-corrected chi connectivity index (χ0v) is 8.84. The molecular formula is C11H21NO. The lowest BCUT2D eigenvalue weighted by Gasteiger charge is -2.38. The van der Waals surface area contributed by atoms with E-state index in [1.165, 1.54) is 5.57 Å². The summed E-state index contributed by atoms with van der Waals surface area (Å²) < 4.78 is 0. The van der Waals surface area contributed by atoms with E-state index in [2.05, 4.69) is 25.3 Å². The fraction of sp³-hybridized carbons (Fsp3) is 0.818. The zero-order valence-electron chi connectivity index (χ0n) is 8.84. The molecule has 0 amide bonds. The molecule has 0 radical (unpaired) electrons. The Balaban J connectivity index is 2.34. The second-order valence-electron chi connectivity index (χ2n) is 4.70. The summed E-state index contributed by atoms with van der Waals surface area (Å²) in [6.07, 6.45) is 2.22. The molecule has 0 aliphatic carbocycles. The standard InChI is InChI=1S/C11H21NO/c1-10(2)8-12-6-4-11(3,9-13)5-7-12/h13H,1,4-9H2,2-3H3. The number of nitrogens with zero attached hydrogens (tertiary/aromatic N) is 1. The number of likely N-dealkylation sites (tertiary alicyclic amines) is 1. The molecule has 2 nitrogen and oxygen atoms in total. The highest BCUT2D eigenvalue weighted by Crippen LogP contribution is 2.29. The largest absolute Gasteiger partial charge is 0.396 e. The maximum atomic E-state index is 9.18. The summed E-state index contributed by atoms with van der Waals surface area (Å²) in [5, 5.41) is 9.18. The molecule has 1 aliphatic rings. The summed E-state index contributed by atoms with van der Waals surface area (Å²) in [6.45, 7) is 11.7. The molecule has 76 valence electrons. The number of rotatable bonds is 3. The molecule has 0 unspecified atom stereocenters. The molecule has 0 aromatic carbocycles. The van der Waals surface area contributed by atoms with E-state index in [1.807, 2.05) is 0 Å². The quantitative estimate of drug-likeness (QED) is 0.673. The Morgan fingerprint density at radius 2 is 2.00 bits per heavy atom. The highest BCUT2D eigenvalue weighted by Gasteiger charge is 2.28. The Bertz CT molecular complexity index is 181. The van der Waals surface area contributed by atoms with Gasteiger partial charge in [-0.05, 0) is 38.3 Å². The van der Waals surface area contributed by atoms with Gasteiger partial charge in [0, 0.05) is 13.2 Å².